The van der Waals surface area contributed by atoms with Crippen LogP contribution in [0.15, 0.2) is 16.9 Å². The van der Waals surface area contributed by atoms with Crippen molar-refractivity contribution in [2.75, 3.05) is 0 Å². The van der Waals surface area contributed by atoms with Gasteiger partial charge in [-0.05, 0) is 24.1 Å². The van der Waals surface area contributed by atoms with E-state index in [4.69, 9.17) is 0 Å². The van der Waals surface area contributed by atoms with E-state index < -0.39 is 11.6 Å². The van der Waals surface area contributed by atoms with Crippen LogP contribution in [-0.4, -0.2) is 4.98 Å². The second-order valence-corrected chi connectivity index (χ2v) is 4.24. The zero-order valence-electron chi connectivity index (χ0n) is 9.11. The first-order chi connectivity index (χ1) is 8.10. The summed E-state index contributed by atoms with van der Waals surface area (Å²) in [6.07, 6.45) is 0.547. The fraction of sp³-hybridized carbons (Fsp3) is 0.250. The maximum absolute atomic E-state index is 13.6. The number of alkyl halides is 1. The fourth-order valence-electron chi connectivity index (χ4n) is 1.94. The molecule has 0 saturated carbocycles. The van der Waals surface area contributed by atoms with Gasteiger partial charge in [-0.25, -0.2) is 8.78 Å². The zero-order chi connectivity index (χ0) is 12.6. The normalized spacial score (nSPS) is 11.1. The Hall–Kier alpha value is -1.23. The number of halogens is 3. The Balaban J connectivity index is 2.98. The van der Waals surface area contributed by atoms with E-state index in [1.165, 1.54) is 6.07 Å². The van der Waals surface area contributed by atoms with Gasteiger partial charge in [-0.3, -0.25) is 4.79 Å². The average Bonchev–Trinajstić information content (AvgIpc) is 2.33. The Labute approximate surface area is 105 Å². The lowest BCUT2D eigenvalue weighted by Gasteiger charge is -2.09. The molecule has 0 unspecified atom stereocenters. The molecule has 2 nitrogen and oxygen atoms in total. The van der Waals surface area contributed by atoms with E-state index in [2.05, 4.69) is 20.9 Å². The third kappa shape index (κ3) is 1.88. The molecule has 1 aromatic carbocycles. The summed E-state index contributed by atoms with van der Waals surface area (Å²) in [7, 11) is 0. The third-order valence-electron chi connectivity index (χ3n) is 2.78. The number of hydrogen-bond acceptors (Lipinski definition) is 1. The summed E-state index contributed by atoms with van der Waals surface area (Å²) < 4.78 is 26.7. The van der Waals surface area contributed by atoms with Crippen molar-refractivity contribution in [3.8, 4) is 0 Å². The molecule has 0 aliphatic heterocycles. The first-order valence-electron chi connectivity index (χ1n) is 5.17. The Morgan fingerprint density at radius 2 is 2.00 bits per heavy atom. The number of hydrogen-bond donors (Lipinski definition) is 1. The van der Waals surface area contributed by atoms with Crippen LogP contribution in [0.4, 0.5) is 8.78 Å². The van der Waals surface area contributed by atoms with Crippen LogP contribution in [0.1, 0.15) is 18.1 Å². The van der Waals surface area contributed by atoms with Crippen LogP contribution in [0.5, 0.6) is 0 Å². The van der Waals surface area contributed by atoms with Gasteiger partial charge in [-0.15, -0.1) is 0 Å². The van der Waals surface area contributed by atoms with E-state index in [1.807, 2.05) is 6.92 Å². The van der Waals surface area contributed by atoms with Gasteiger partial charge in [0.1, 0.15) is 0 Å². The molecule has 0 fully saturated rings. The maximum Gasteiger partial charge on any atom is 0.251 e. The van der Waals surface area contributed by atoms with Gasteiger partial charge in [-0.2, -0.15) is 0 Å². The molecule has 0 radical (unpaired) electrons. The summed E-state index contributed by atoms with van der Waals surface area (Å²) in [5.41, 5.74) is 0.881. The lowest BCUT2D eigenvalue weighted by molar-refractivity contribution is 0.515. The smallest absolute Gasteiger partial charge is 0.251 e. The highest BCUT2D eigenvalue weighted by Gasteiger charge is 2.15. The van der Waals surface area contributed by atoms with Crippen LogP contribution in [0.2, 0.25) is 0 Å². The number of fused-ring (bicyclic) bond motifs is 1. The second-order valence-electron chi connectivity index (χ2n) is 3.68. The second kappa shape index (κ2) is 4.56. The topological polar surface area (TPSA) is 32.9 Å². The monoisotopic (exact) mass is 301 g/mol. The van der Waals surface area contributed by atoms with E-state index in [1.54, 1.807) is 0 Å². The predicted octanol–water partition coefficient (Wildman–Crippen LogP) is 3.26. The fourth-order valence-corrected chi connectivity index (χ4v) is 2.58. The van der Waals surface area contributed by atoms with Gasteiger partial charge in [0.05, 0.1) is 5.52 Å². The molecule has 5 heteroatoms. The maximum atomic E-state index is 13.6. The SMILES string of the molecule is CCc1c(CBr)c2ccc(F)c(F)c2[nH]c1=O. The minimum Gasteiger partial charge on any atom is -0.319 e. The first kappa shape index (κ1) is 12.2. The van der Waals surface area contributed by atoms with Gasteiger partial charge < -0.3 is 4.98 Å². The summed E-state index contributed by atoms with van der Waals surface area (Å²) >= 11 is 3.28. The molecule has 0 atom stereocenters. The molecular formula is C12H10BrF2NO. The van der Waals surface area contributed by atoms with Crippen molar-refractivity contribution in [1.82, 2.24) is 4.98 Å². The molecule has 0 aliphatic rings. The average molecular weight is 302 g/mol. The van der Waals surface area contributed by atoms with Crippen LogP contribution in [0.3, 0.4) is 0 Å². The van der Waals surface area contributed by atoms with E-state index in [0.29, 0.717) is 28.3 Å². The molecule has 17 heavy (non-hydrogen) atoms. The highest BCUT2D eigenvalue weighted by Crippen LogP contribution is 2.24. The minimum absolute atomic E-state index is 0.0679. The van der Waals surface area contributed by atoms with Crippen LogP contribution < -0.4 is 5.56 Å². The van der Waals surface area contributed by atoms with Gasteiger partial charge in [0.25, 0.3) is 5.56 Å². The van der Waals surface area contributed by atoms with Gasteiger partial charge in [-0.1, -0.05) is 22.9 Å². The Kier molecular flexibility index (Phi) is 3.28. The predicted molar refractivity (Wildman–Crippen MR) is 66.5 cm³/mol. The van der Waals surface area contributed by atoms with Crippen molar-refractivity contribution in [2.45, 2.75) is 18.7 Å². The van der Waals surface area contributed by atoms with Gasteiger partial charge in [0.2, 0.25) is 0 Å². The van der Waals surface area contributed by atoms with E-state index in [0.717, 1.165) is 6.07 Å². The molecule has 1 N–H and O–H groups in total. The molecule has 90 valence electrons. The summed E-state index contributed by atoms with van der Waals surface area (Å²) in [6.45, 7) is 1.85. The third-order valence-corrected chi connectivity index (χ3v) is 3.34. The van der Waals surface area contributed by atoms with E-state index in [9.17, 15) is 13.6 Å². The first-order valence-corrected chi connectivity index (χ1v) is 6.30. The summed E-state index contributed by atoms with van der Waals surface area (Å²) in [5.74, 6) is -1.97. The number of pyridine rings is 1. The molecule has 1 aromatic heterocycles. The number of benzene rings is 1. The number of rotatable bonds is 2. The van der Waals surface area contributed by atoms with Crippen molar-refractivity contribution >= 4 is 26.8 Å². The quantitative estimate of drug-likeness (QED) is 0.849. The molecule has 0 saturated heterocycles. The van der Waals surface area contributed by atoms with Gasteiger partial charge in [0.15, 0.2) is 11.6 Å². The Morgan fingerprint density at radius 3 is 2.59 bits per heavy atom. The minimum atomic E-state index is -1.01. The Morgan fingerprint density at radius 1 is 1.29 bits per heavy atom. The summed E-state index contributed by atoms with van der Waals surface area (Å²) in [6, 6.07) is 2.56. The largest absolute Gasteiger partial charge is 0.319 e. The van der Waals surface area contributed by atoms with Crippen molar-refractivity contribution < 1.29 is 8.78 Å². The lowest BCUT2D eigenvalue weighted by atomic mass is 10.0. The molecule has 0 spiro atoms. The van der Waals surface area contributed by atoms with Crippen molar-refractivity contribution in [3.05, 3.63) is 45.2 Å². The summed E-state index contributed by atoms with van der Waals surface area (Å²) in [5, 5.41) is 0.971. The molecule has 0 aliphatic carbocycles. The molecule has 1 heterocycles. The number of nitrogens with one attached hydrogen (secondary N) is 1. The number of H-pyrrole nitrogens is 1. The number of aromatic nitrogens is 1. The van der Waals surface area contributed by atoms with Crippen LogP contribution in [0.25, 0.3) is 10.9 Å². The standard InChI is InChI=1S/C12H10BrF2NO/c1-2-6-8(5-13)7-3-4-9(14)10(15)11(7)16-12(6)17/h3-4H,2,5H2,1H3,(H,16,17). The highest BCUT2D eigenvalue weighted by atomic mass is 79.9. The van der Waals surface area contributed by atoms with Gasteiger partial charge >= 0.3 is 0 Å². The molecule has 0 bridgehead atoms. The Bertz CT molecular complexity index is 636. The van der Waals surface area contributed by atoms with Crippen molar-refractivity contribution in [2.24, 2.45) is 0 Å². The molecular weight excluding hydrogens is 292 g/mol. The highest BCUT2D eigenvalue weighted by molar-refractivity contribution is 9.08. The van der Waals surface area contributed by atoms with Crippen LogP contribution in [0, 0.1) is 11.6 Å². The van der Waals surface area contributed by atoms with E-state index >= 15 is 0 Å². The zero-order valence-corrected chi connectivity index (χ0v) is 10.7. The van der Waals surface area contributed by atoms with Crippen LogP contribution in [-0.2, 0) is 11.8 Å². The molecule has 0 amide bonds. The van der Waals surface area contributed by atoms with Crippen LogP contribution >= 0.6 is 15.9 Å². The molecule has 2 rings (SSSR count). The summed E-state index contributed by atoms with van der Waals surface area (Å²) in [4.78, 5) is 14.1. The van der Waals surface area contributed by atoms with Gasteiger partial charge in [0, 0.05) is 16.3 Å². The molecule has 2 aromatic rings. The number of aromatic amines is 1. The van der Waals surface area contributed by atoms with Crippen molar-refractivity contribution in [1.29, 1.82) is 0 Å². The van der Waals surface area contributed by atoms with Crippen molar-refractivity contribution in [3.63, 3.8) is 0 Å². The lowest BCUT2D eigenvalue weighted by Crippen LogP contribution is -2.16. The van der Waals surface area contributed by atoms with E-state index in [-0.39, 0.29) is 11.1 Å².